The number of para-hydroxylation sites is 2. The molecule has 2 fully saturated rings. The molecule has 2 aromatic rings. The molecule has 2 aromatic carbocycles. The van der Waals surface area contributed by atoms with Crippen molar-refractivity contribution in [3.63, 3.8) is 0 Å². The molecule has 4 rings (SSSR count). The van der Waals surface area contributed by atoms with E-state index in [0.29, 0.717) is 37.6 Å². The molecule has 0 saturated carbocycles. The standard InChI is InChI=1S/C25H29N3O4/c1-3-32-23-7-5-4-6-22(23)28-17-20(16-24(28)30)25(31)27-14-12-26(13-15-27)21-10-8-19(9-11-21)18(2)29/h4-11,20H,3,12-17H2,1-2H3/t20-/m1/s1. The molecule has 0 aliphatic carbocycles. The average Bonchev–Trinajstić information content (AvgIpc) is 3.20. The molecule has 2 heterocycles. The van der Waals surface area contributed by atoms with Crippen molar-refractivity contribution in [2.75, 3.05) is 49.1 Å². The summed E-state index contributed by atoms with van der Waals surface area (Å²) in [5, 5.41) is 0. The first kappa shape index (κ1) is 21.9. The molecule has 0 aromatic heterocycles. The zero-order chi connectivity index (χ0) is 22.7. The Morgan fingerprint density at radius 2 is 1.69 bits per heavy atom. The van der Waals surface area contributed by atoms with Crippen molar-refractivity contribution in [2.24, 2.45) is 5.92 Å². The molecule has 1 atom stereocenters. The fraction of sp³-hybridized carbons (Fsp3) is 0.400. The van der Waals surface area contributed by atoms with Gasteiger partial charge in [0.2, 0.25) is 11.8 Å². The highest BCUT2D eigenvalue weighted by Crippen LogP contribution is 2.33. The lowest BCUT2D eigenvalue weighted by molar-refractivity contribution is -0.136. The summed E-state index contributed by atoms with van der Waals surface area (Å²) >= 11 is 0. The van der Waals surface area contributed by atoms with Crippen LogP contribution < -0.4 is 14.5 Å². The number of hydrogen-bond acceptors (Lipinski definition) is 5. The molecular weight excluding hydrogens is 406 g/mol. The van der Waals surface area contributed by atoms with Gasteiger partial charge in [-0.3, -0.25) is 14.4 Å². The number of amides is 2. The molecule has 2 aliphatic heterocycles. The number of nitrogens with zero attached hydrogens (tertiary/aromatic N) is 3. The zero-order valence-electron chi connectivity index (χ0n) is 18.6. The highest BCUT2D eigenvalue weighted by Gasteiger charge is 2.38. The van der Waals surface area contributed by atoms with E-state index >= 15 is 0 Å². The molecule has 2 aliphatic rings. The Hall–Kier alpha value is -3.35. The number of benzene rings is 2. The van der Waals surface area contributed by atoms with Gasteiger partial charge in [0.1, 0.15) is 5.75 Å². The van der Waals surface area contributed by atoms with Gasteiger partial charge < -0.3 is 19.4 Å². The van der Waals surface area contributed by atoms with Crippen LogP contribution in [0.4, 0.5) is 11.4 Å². The normalized spacial score (nSPS) is 18.8. The van der Waals surface area contributed by atoms with Crippen LogP contribution in [0.5, 0.6) is 5.75 Å². The molecule has 168 valence electrons. The molecule has 32 heavy (non-hydrogen) atoms. The van der Waals surface area contributed by atoms with E-state index in [1.165, 1.54) is 0 Å². The molecule has 2 saturated heterocycles. The summed E-state index contributed by atoms with van der Waals surface area (Å²) in [5.41, 5.74) is 2.48. The summed E-state index contributed by atoms with van der Waals surface area (Å²) in [6.07, 6.45) is 0.228. The van der Waals surface area contributed by atoms with Crippen molar-refractivity contribution in [2.45, 2.75) is 20.3 Å². The number of carbonyl (C=O) groups is 3. The first-order valence-electron chi connectivity index (χ1n) is 11.1. The van der Waals surface area contributed by atoms with E-state index < -0.39 is 0 Å². The summed E-state index contributed by atoms with van der Waals surface area (Å²) in [6, 6.07) is 15.1. The Kier molecular flexibility index (Phi) is 6.44. The number of ether oxygens (including phenoxy) is 1. The molecule has 0 N–H and O–H groups in total. The van der Waals surface area contributed by atoms with E-state index in [4.69, 9.17) is 4.74 Å². The monoisotopic (exact) mass is 435 g/mol. The van der Waals surface area contributed by atoms with Crippen molar-refractivity contribution < 1.29 is 19.1 Å². The van der Waals surface area contributed by atoms with Gasteiger partial charge in [-0.2, -0.15) is 0 Å². The van der Waals surface area contributed by atoms with Crippen LogP contribution in [0.25, 0.3) is 0 Å². The zero-order valence-corrected chi connectivity index (χ0v) is 18.6. The van der Waals surface area contributed by atoms with Crippen LogP contribution in [0.1, 0.15) is 30.6 Å². The maximum absolute atomic E-state index is 13.2. The van der Waals surface area contributed by atoms with E-state index in [0.717, 1.165) is 24.5 Å². The lowest BCUT2D eigenvalue weighted by Gasteiger charge is -2.37. The van der Waals surface area contributed by atoms with Gasteiger partial charge in [-0.05, 0) is 50.2 Å². The van der Waals surface area contributed by atoms with Crippen molar-refractivity contribution in [1.29, 1.82) is 0 Å². The third-order valence-corrected chi connectivity index (χ3v) is 6.16. The maximum Gasteiger partial charge on any atom is 0.228 e. The second kappa shape index (κ2) is 9.42. The lowest BCUT2D eigenvalue weighted by Crippen LogP contribution is -2.50. The summed E-state index contributed by atoms with van der Waals surface area (Å²) in [5.74, 6) is 0.386. The number of carbonyl (C=O) groups excluding carboxylic acids is 3. The molecule has 0 spiro atoms. The fourth-order valence-corrected chi connectivity index (χ4v) is 4.41. The predicted octanol–water partition coefficient (Wildman–Crippen LogP) is 2.99. The first-order valence-corrected chi connectivity index (χ1v) is 11.1. The Bertz CT molecular complexity index is 997. The number of anilines is 2. The predicted molar refractivity (Wildman–Crippen MR) is 123 cm³/mol. The summed E-state index contributed by atoms with van der Waals surface area (Å²) < 4.78 is 5.67. The first-order chi connectivity index (χ1) is 15.5. The van der Waals surface area contributed by atoms with E-state index in [1.54, 1.807) is 11.8 Å². The summed E-state index contributed by atoms with van der Waals surface area (Å²) in [7, 11) is 0. The van der Waals surface area contributed by atoms with Crippen molar-refractivity contribution in [1.82, 2.24) is 4.90 Å². The van der Waals surface area contributed by atoms with Crippen LogP contribution >= 0.6 is 0 Å². The van der Waals surface area contributed by atoms with Crippen LogP contribution in [-0.4, -0.2) is 61.8 Å². The van der Waals surface area contributed by atoms with E-state index in [2.05, 4.69) is 4.90 Å². The van der Waals surface area contributed by atoms with E-state index in [1.807, 2.05) is 60.4 Å². The van der Waals surface area contributed by atoms with Crippen molar-refractivity contribution in [3.05, 3.63) is 54.1 Å². The summed E-state index contributed by atoms with van der Waals surface area (Å²) in [4.78, 5) is 43.1. The number of ketones is 1. The third-order valence-electron chi connectivity index (χ3n) is 6.16. The average molecular weight is 436 g/mol. The SMILES string of the molecule is CCOc1ccccc1N1C[C@H](C(=O)N2CCN(c3ccc(C(C)=O)cc3)CC2)CC1=O. The Labute approximate surface area is 188 Å². The molecule has 7 nitrogen and oxygen atoms in total. The molecule has 0 bridgehead atoms. The Balaban J connectivity index is 1.37. The van der Waals surface area contributed by atoms with Crippen LogP contribution in [-0.2, 0) is 9.59 Å². The van der Waals surface area contributed by atoms with E-state index in [9.17, 15) is 14.4 Å². The smallest absolute Gasteiger partial charge is 0.228 e. The highest BCUT2D eigenvalue weighted by atomic mass is 16.5. The van der Waals surface area contributed by atoms with E-state index in [-0.39, 0.29) is 29.9 Å². The molecule has 0 unspecified atom stereocenters. The fourth-order valence-electron chi connectivity index (χ4n) is 4.41. The van der Waals surface area contributed by atoms with Crippen LogP contribution in [0, 0.1) is 5.92 Å². The second-order valence-corrected chi connectivity index (χ2v) is 8.22. The third kappa shape index (κ3) is 4.47. The largest absolute Gasteiger partial charge is 0.492 e. The second-order valence-electron chi connectivity index (χ2n) is 8.22. The highest BCUT2D eigenvalue weighted by molar-refractivity contribution is 6.01. The van der Waals surface area contributed by atoms with Gasteiger partial charge in [-0.15, -0.1) is 0 Å². The Morgan fingerprint density at radius 1 is 1.00 bits per heavy atom. The minimum atomic E-state index is -0.335. The number of piperazine rings is 1. The summed E-state index contributed by atoms with van der Waals surface area (Å²) in [6.45, 7) is 7.06. The minimum Gasteiger partial charge on any atom is -0.492 e. The molecular formula is C25H29N3O4. The van der Waals surface area contributed by atoms with Gasteiger partial charge in [0.05, 0.1) is 18.2 Å². The van der Waals surface area contributed by atoms with Gasteiger partial charge >= 0.3 is 0 Å². The van der Waals surface area contributed by atoms with Crippen molar-refractivity contribution in [3.8, 4) is 5.75 Å². The van der Waals surface area contributed by atoms with Crippen LogP contribution in [0.15, 0.2) is 48.5 Å². The Morgan fingerprint density at radius 3 is 2.34 bits per heavy atom. The van der Waals surface area contributed by atoms with Gasteiger partial charge in [0.25, 0.3) is 0 Å². The van der Waals surface area contributed by atoms with Gasteiger partial charge in [0, 0.05) is 50.4 Å². The number of Topliss-reactive ketones (excluding diaryl/α,β-unsaturated/α-hetero) is 1. The maximum atomic E-state index is 13.2. The number of rotatable bonds is 6. The molecule has 2 amide bonds. The lowest BCUT2D eigenvalue weighted by atomic mass is 10.1. The molecule has 7 heteroatoms. The molecule has 0 radical (unpaired) electrons. The van der Waals surface area contributed by atoms with Gasteiger partial charge in [-0.1, -0.05) is 12.1 Å². The number of hydrogen-bond donors (Lipinski definition) is 0. The quantitative estimate of drug-likeness (QED) is 0.653. The topological polar surface area (TPSA) is 70.2 Å². The van der Waals surface area contributed by atoms with Crippen molar-refractivity contribution >= 4 is 29.0 Å². The van der Waals surface area contributed by atoms with Gasteiger partial charge in [0.15, 0.2) is 5.78 Å². The van der Waals surface area contributed by atoms with Crippen LogP contribution in [0.2, 0.25) is 0 Å². The van der Waals surface area contributed by atoms with Gasteiger partial charge in [-0.25, -0.2) is 0 Å². The minimum absolute atomic E-state index is 0.0419. The van der Waals surface area contributed by atoms with Crippen LogP contribution in [0.3, 0.4) is 0 Å².